The minimum absolute atomic E-state index is 0.143. The maximum atomic E-state index is 12.9. The summed E-state index contributed by atoms with van der Waals surface area (Å²) >= 11 is 0. The first-order chi connectivity index (χ1) is 7.72. The Morgan fingerprint density at radius 2 is 2.12 bits per heavy atom. The monoisotopic (exact) mass is 223 g/mol. The summed E-state index contributed by atoms with van der Waals surface area (Å²) in [4.78, 5) is 0. The molecule has 1 aromatic carbocycles. The highest BCUT2D eigenvalue weighted by Crippen LogP contribution is 2.06. The van der Waals surface area contributed by atoms with Gasteiger partial charge in [-0.15, -0.1) is 0 Å². The predicted octanol–water partition coefficient (Wildman–Crippen LogP) is 3.54. The Labute approximate surface area is 98.1 Å². The molecule has 0 saturated heterocycles. The second kappa shape index (κ2) is 7.39. The van der Waals surface area contributed by atoms with E-state index >= 15 is 0 Å². The third kappa shape index (κ3) is 5.26. The predicted molar refractivity (Wildman–Crippen MR) is 67.1 cm³/mol. The van der Waals surface area contributed by atoms with Crippen LogP contribution in [0.5, 0.6) is 0 Å². The van der Waals surface area contributed by atoms with E-state index in [1.54, 1.807) is 12.1 Å². The molecule has 0 spiro atoms. The van der Waals surface area contributed by atoms with Gasteiger partial charge in [-0.05, 0) is 44.0 Å². The topological polar surface area (TPSA) is 12.0 Å². The SMILES string of the molecule is CCCCCNC(C)Cc1cccc(F)c1. The summed E-state index contributed by atoms with van der Waals surface area (Å²) in [5, 5.41) is 3.46. The van der Waals surface area contributed by atoms with Crippen LogP contribution < -0.4 is 5.32 Å². The van der Waals surface area contributed by atoms with Crippen molar-refractivity contribution < 1.29 is 4.39 Å². The van der Waals surface area contributed by atoms with Crippen molar-refractivity contribution >= 4 is 0 Å². The van der Waals surface area contributed by atoms with Gasteiger partial charge in [-0.2, -0.15) is 0 Å². The van der Waals surface area contributed by atoms with Crippen LogP contribution in [0.3, 0.4) is 0 Å². The van der Waals surface area contributed by atoms with Crippen LogP contribution in [-0.2, 0) is 6.42 Å². The van der Waals surface area contributed by atoms with Crippen LogP contribution in [0.2, 0.25) is 0 Å². The molecule has 16 heavy (non-hydrogen) atoms. The number of halogens is 1. The second-order valence-corrected chi connectivity index (χ2v) is 4.40. The minimum atomic E-state index is -0.143. The van der Waals surface area contributed by atoms with Gasteiger partial charge in [0.15, 0.2) is 0 Å². The van der Waals surface area contributed by atoms with Crippen molar-refractivity contribution in [1.29, 1.82) is 0 Å². The Hall–Kier alpha value is -0.890. The lowest BCUT2D eigenvalue weighted by molar-refractivity contribution is 0.521. The molecule has 0 aliphatic rings. The van der Waals surface area contributed by atoms with Crippen molar-refractivity contribution in [3.63, 3.8) is 0 Å². The highest BCUT2D eigenvalue weighted by Gasteiger charge is 2.03. The van der Waals surface area contributed by atoms with Gasteiger partial charge in [0.2, 0.25) is 0 Å². The molecular weight excluding hydrogens is 201 g/mol. The Kier molecular flexibility index (Phi) is 6.09. The van der Waals surface area contributed by atoms with Gasteiger partial charge in [-0.1, -0.05) is 31.9 Å². The van der Waals surface area contributed by atoms with Crippen LogP contribution in [0.15, 0.2) is 24.3 Å². The van der Waals surface area contributed by atoms with Crippen LogP contribution >= 0.6 is 0 Å². The van der Waals surface area contributed by atoms with Gasteiger partial charge in [-0.25, -0.2) is 4.39 Å². The average Bonchev–Trinajstić information content (AvgIpc) is 2.24. The summed E-state index contributed by atoms with van der Waals surface area (Å²) in [5.41, 5.74) is 1.07. The molecule has 1 atom stereocenters. The van der Waals surface area contributed by atoms with E-state index in [-0.39, 0.29) is 5.82 Å². The summed E-state index contributed by atoms with van der Waals surface area (Å²) < 4.78 is 12.9. The minimum Gasteiger partial charge on any atom is -0.314 e. The quantitative estimate of drug-likeness (QED) is 0.697. The molecule has 1 nitrogen and oxygen atoms in total. The fourth-order valence-electron chi connectivity index (χ4n) is 1.81. The molecule has 0 amide bonds. The third-order valence-corrected chi connectivity index (χ3v) is 2.70. The molecule has 1 unspecified atom stereocenters. The Morgan fingerprint density at radius 1 is 1.31 bits per heavy atom. The van der Waals surface area contributed by atoms with Gasteiger partial charge >= 0.3 is 0 Å². The summed E-state index contributed by atoms with van der Waals surface area (Å²) in [5.74, 6) is -0.143. The van der Waals surface area contributed by atoms with Crippen LogP contribution in [0.1, 0.15) is 38.7 Å². The molecule has 0 fully saturated rings. The summed E-state index contributed by atoms with van der Waals surface area (Å²) in [6.07, 6.45) is 4.65. The molecule has 0 saturated carbocycles. The Balaban J connectivity index is 2.25. The van der Waals surface area contributed by atoms with E-state index in [0.29, 0.717) is 6.04 Å². The molecule has 2 heteroatoms. The molecule has 0 radical (unpaired) electrons. The molecule has 90 valence electrons. The summed E-state index contributed by atoms with van der Waals surface area (Å²) in [6.45, 7) is 5.41. The summed E-state index contributed by atoms with van der Waals surface area (Å²) in [7, 11) is 0. The molecule has 1 rings (SSSR count). The molecule has 0 aliphatic carbocycles. The normalized spacial score (nSPS) is 12.7. The Morgan fingerprint density at radius 3 is 2.81 bits per heavy atom. The van der Waals surface area contributed by atoms with Gasteiger partial charge < -0.3 is 5.32 Å². The van der Waals surface area contributed by atoms with E-state index in [1.165, 1.54) is 25.3 Å². The lowest BCUT2D eigenvalue weighted by atomic mass is 10.1. The first-order valence-corrected chi connectivity index (χ1v) is 6.20. The fraction of sp³-hybridized carbons (Fsp3) is 0.571. The lowest BCUT2D eigenvalue weighted by Crippen LogP contribution is -2.28. The van der Waals surface area contributed by atoms with Crippen LogP contribution in [-0.4, -0.2) is 12.6 Å². The van der Waals surface area contributed by atoms with Gasteiger partial charge in [0.05, 0.1) is 0 Å². The summed E-state index contributed by atoms with van der Waals surface area (Å²) in [6, 6.07) is 7.27. The third-order valence-electron chi connectivity index (χ3n) is 2.70. The van der Waals surface area contributed by atoms with E-state index in [4.69, 9.17) is 0 Å². The fourth-order valence-corrected chi connectivity index (χ4v) is 1.81. The first kappa shape index (κ1) is 13.2. The highest BCUT2D eigenvalue weighted by molar-refractivity contribution is 5.17. The average molecular weight is 223 g/mol. The van der Waals surface area contributed by atoms with Gasteiger partial charge in [-0.3, -0.25) is 0 Å². The molecule has 1 N–H and O–H groups in total. The largest absolute Gasteiger partial charge is 0.314 e. The number of hydrogen-bond donors (Lipinski definition) is 1. The lowest BCUT2D eigenvalue weighted by Gasteiger charge is -2.13. The second-order valence-electron chi connectivity index (χ2n) is 4.40. The molecule has 0 bridgehead atoms. The van der Waals surface area contributed by atoms with Crippen LogP contribution in [0.25, 0.3) is 0 Å². The maximum Gasteiger partial charge on any atom is 0.123 e. The molecule has 0 heterocycles. The van der Waals surface area contributed by atoms with Crippen LogP contribution in [0, 0.1) is 5.82 Å². The van der Waals surface area contributed by atoms with E-state index in [0.717, 1.165) is 18.5 Å². The van der Waals surface area contributed by atoms with Crippen molar-refractivity contribution in [2.24, 2.45) is 0 Å². The maximum absolute atomic E-state index is 12.9. The zero-order chi connectivity index (χ0) is 11.8. The van der Waals surface area contributed by atoms with Crippen molar-refractivity contribution in [2.75, 3.05) is 6.54 Å². The zero-order valence-corrected chi connectivity index (χ0v) is 10.3. The van der Waals surface area contributed by atoms with E-state index in [1.807, 2.05) is 6.07 Å². The van der Waals surface area contributed by atoms with Crippen molar-refractivity contribution in [3.8, 4) is 0 Å². The van der Waals surface area contributed by atoms with E-state index < -0.39 is 0 Å². The first-order valence-electron chi connectivity index (χ1n) is 6.20. The van der Waals surface area contributed by atoms with Gasteiger partial charge in [0, 0.05) is 6.04 Å². The zero-order valence-electron chi connectivity index (χ0n) is 10.3. The number of unbranched alkanes of at least 4 members (excludes halogenated alkanes) is 2. The van der Waals surface area contributed by atoms with Gasteiger partial charge in [0.25, 0.3) is 0 Å². The number of nitrogens with one attached hydrogen (secondary N) is 1. The van der Waals surface area contributed by atoms with Crippen LogP contribution in [0.4, 0.5) is 4.39 Å². The Bertz CT molecular complexity index is 299. The van der Waals surface area contributed by atoms with Crippen molar-refractivity contribution in [3.05, 3.63) is 35.6 Å². The molecule has 1 aromatic rings. The smallest absolute Gasteiger partial charge is 0.123 e. The van der Waals surface area contributed by atoms with Gasteiger partial charge in [0.1, 0.15) is 5.82 Å². The van der Waals surface area contributed by atoms with Crippen molar-refractivity contribution in [2.45, 2.75) is 45.6 Å². The molecular formula is C14H22FN. The molecule has 0 aliphatic heterocycles. The molecule has 0 aromatic heterocycles. The number of rotatable bonds is 7. The number of benzene rings is 1. The highest BCUT2D eigenvalue weighted by atomic mass is 19.1. The number of hydrogen-bond acceptors (Lipinski definition) is 1. The van der Waals surface area contributed by atoms with E-state index in [2.05, 4.69) is 19.2 Å². The standard InChI is InChI=1S/C14H22FN/c1-3-4-5-9-16-12(2)10-13-7-6-8-14(15)11-13/h6-8,11-12,16H,3-5,9-10H2,1-2H3. The van der Waals surface area contributed by atoms with E-state index in [9.17, 15) is 4.39 Å². The van der Waals surface area contributed by atoms with Crippen molar-refractivity contribution in [1.82, 2.24) is 5.32 Å².